The lowest BCUT2D eigenvalue weighted by Gasteiger charge is -2.40. The van der Waals surface area contributed by atoms with Gasteiger partial charge >= 0.3 is 0 Å². The Balaban J connectivity index is 1.60. The molecule has 4 N–H and O–H groups in total. The summed E-state index contributed by atoms with van der Waals surface area (Å²) in [5.41, 5.74) is -0.176. The van der Waals surface area contributed by atoms with Crippen LogP contribution in [0, 0.1) is 0 Å². The number of aliphatic hydroxyl groups is 2. The summed E-state index contributed by atoms with van der Waals surface area (Å²) >= 11 is 1.48. The third kappa shape index (κ3) is 2.62. The van der Waals surface area contributed by atoms with Crippen LogP contribution >= 0.6 is 11.8 Å². The van der Waals surface area contributed by atoms with Gasteiger partial charge in [-0.3, -0.25) is 4.99 Å². The molecule has 108 valence electrons. The minimum Gasteiger partial charge on any atom is -0.388 e. The summed E-state index contributed by atoms with van der Waals surface area (Å²) in [5, 5.41) is 27.6. The minimum absolute atomic E-state index is 0.176. The molecule has 3 rings (SSSR count). The topological polar surface area (TPSA) is 86.1 Å². The van der Waals surface area contributed by atoms with Crippen molar-refractivity contribution >= 4 is 16.9 Å². The second-order valence-corrected chi connectivity index (χ2v) is 6.46. The van der Waals surface area contributed by atoms with Crippen LogP contribution in [0.2, 0.25) is 0 Å². The Morgan fingerprint density at radius 1 is 1.42 bits per heavy atom. The molecule has 7 heteroatoms. The predicted molar refractivity (Wildman–Crippen MR) is 74.2 cm³/mol. The van der Waals surface area contributed by atoms with Gasteiger partial charge in [0, 0.05) is 19.6 Å². The standard InChI is InChI=1S/C12H21N3O3S/c1-13-12-15-8-10(17)9(16)7(18-11(8)19-12)5-14-6-3-2-4-6/h6-11,14,16-17H,2-5H2,1H3,(H,13,15)/t7-,8-,9-,10-,11-/m1/s1. The van der Waals surface area contributed by atoms with Crippen molar-refractivity contribution in [1.82, 2.24) is 10.6 Å². The number of aliphatic imine (C=N–C) groups is 1. The highest BCUT2D eigenvalue weighted by atomic mass is 32.2. The van der Waals surface area contributed by atoms with Crippen LogP contribution in [0.3, 0.4) is 0 Å². The number of amidine groups is 1. The lowest BCUT2D eigenvalue weighted by atomic mass is 9.92. The lowest BCUT2D eigenvalue weighted by molar-refractivity contribution is -0.154. The van der Waals surface area contributed by atoms with E-state index < -0.39 is 12.2 Å². The van der Waals surface area contributed by atoms with Gasteiger partial charge in [-0.25, -0.2) is 0 Å². The van der Waals surface area contributed by atoms with E-state index in [2.05, 4.69) is 15.6 Å². The summed E-state index contributed by atoms with van der Waals surface area (Å²) in [7, 11) is 1.70. The van der Waals surface area contributed by atoms with E-state index in [9.17, 15) is 10.2 Å². The van der Waals surface area contributed by atoms with E-state index in [4.69, 9.17) is 4.74 Å². The number of rotatable bonds is 3. The average Bonchev–Trinajstić information content (AvgIpc) is 2.76. The molecule has 1 aliphatic carbocycles. The van der Waals surface area contributed by atoms with Gasteiger partial charge in [-0.1, -0.05) is 18.2 Å². The van der Waals surface area contributed by atoms with Crippen LogP contribution in [-0.2, 0) is 4.74 Å². The molecule has 0 unspecified atom stereocenters. The zero-order chi connectivity index (χ0) is 13.4. The molecule has 3 aliphatic rings. The molecule has 0 radical (unpaired) electrons. The summed E-state index contributed by atoms with van der Waals surface area (Å²) in [6, 6.07) is 0.270. The first kappa shape index (κ1) is 13.6. The predicted octanol–water partition coefficient (Wildman–Crippen LogP) is -0.734. The molecule has 2 saturated heterocycles. The Hall–Kier alpha value is -0.340. The third-order valence-electron chi connectivity index (χ3n) is 4.13. The molecular formula is C12H21N3O3S. The van der Waals surface area contributed by atoms with Gasteiger partial charge in [0.25, 0.3) is 0 Å². The first-order chi connectivity index (χ1) is 9.19. The summed E-state index contributed by atoms with van der Waals surface area (Å²) in [4.78, 5) is 4.07. The van der Waals surface area contributed by atoms with Crippen LogP contribution in [0.5, 0.6) is 0 Å². The zero-order valence-electron chi connectivity index (χ0n) is 11.0. The molecule has 2 heterocycles. The Bertz CT molecular complexity index is 364. The van der Waals surface area contributed by atoms with Gasteiger partial charge in [0.15, 0.2) is 5.17 Å². The number of nitrogens with zero attached hydrogens (tertiary/aromatic N) is 1. The number of ether oxygens (including phenoxy) is 1. The fourth-order valence-electron chi connectivity index (χ4n) is 2.65. The van der Waals surface area contributed by atoms with E-state index in [1.165, 1.54) is 31.0 Å². The van der Waals surface area contributed by atoms with Crippen molar-refractivity contribution in [2.45, 2.75) is 55.1 Å². The number of hydrogen-bond donors (Lipinski definition) is 4. The number of hydrogen-bond acceptors (Lipinski definition) is 6. The monoisotopic (exact) mass is 287 g/mol. The van der Waals surface area contributed by atoms with Crippen molar-refractivity contribution in [2.75, 3.05) is 13.6 Å². The molecule has 0 aromatic carbocycles. The van der Waals surface area contributed by atoms with Crippen LogP contribution in [0.1, 0.15) is 19.3 Å². The minimum atomic E-state index is -0.863. The molecule has 5 atom stereocenters. The van der Waals surface area contributed by atoms with Crippen molar-refractivity contribution in [1.29, 1.82) is 0 Å². The summed E-state index contributed by atoms with van der Waals surface area (Å²) in [6.07, 6.45) is 1.62. The molecule has 1 saturated carbocycles. The highest BCUT2D eigenvalue weighted by Crippen LogP contribution is 2.33. The average molecular weight is 287 g/mol. The largest absolute Gasteiger partial charge is 0.388 e. The molecule has 0 spiro atoms. The zero-order valence-corrected chi connectivity index (χ0v) is 11.8. The van der Waals surface area contributed by atoms with Gasteiger partial charge in [0.05, 0.1) is 6.04 Å². The summed E-state index contributed by atoms with van der Waals surface area (Å²) < 4.78 is 5.89. The van der Waals surface area contributed by atoms with Crippen LogP contribution in [0.4, 0.5) is 0 Å². The Morgan fingerprint density at radius 3 is 2.84 bits per heavy atom. The molecule has 0 bridgehead atoms. The van der Waals surface area contributed by atoms with Gasteiger partial charge < -0.3 is 25.6 Å². The van der Waals surface area contributed by atoms with Crippen LogP contribution in [-0.4, -0.2) is 64.8 Å². The SMILES string of the molecule is CN=C1N[C@@H]2[C@@H](O)[C@H](O)[C@@H](CNC3CCC3)O[C@@H]2S1. The van der Waals surface area contributed by atoms with Crippen molar-refractivity contribution in [3.8, 4) is 0 Å². The molecule has 6 nitrogen and oxygen atoms in total. The van der Waals surface area contributed by atoms with E-state index in [-0.39, 0.29) is 17.6 Å². The first-order valence-electron chi connectivity index (χ1n) is 6.84. The summed E-state index contributed by atoms with van der Waals surface area (Å²) in [6.45, 7) is 0.589. The van der Waals surface area contributed by atoms with Gasteiger partial charge in [0.1, 0.15) is 23.7 Å². The quantitative estimate of drug-likeness (QED) is 0.547. The van der Waals surface area contributed by atoms with Crippen LogP contribution in [0.15, 0.2) is 4.99 Å². The fraction of sp³-hybridized carbons (Fsp3) is 0.917. The Morgan fingerprint density at radius 2 is 2.21 bits per heavy atom. The van der Waals surface area contributed by atoms with E-state index in [1.807, 2.05) is 0 Å². The van der Waals surface area contributed by atoms with Crippen molar-refractivity contribution in [2.24, 2.45) is 4.99 Å². The summed E-state index contributed by atoms with van der Waals surface area (Å²) in [5.74, 6) is 0. The van der Waals surface area contributed by atoms with E-state index in [1.54, 1.807) is 7.05 Å². The number of aliphatic hydroxyl groups excluding tert-OH is 2. The molecular weight excluding hydrogens is 266 g/mol. The normalized spacial score (nSPS) is 44.8. The van der Waals surface area contributed by atoms with Crippen LogP contribution < -0.4 is 10.6 Å². The van der Waals surface area contributed by atoms with E-state index in [0.717, 1.165) is 5.17 Å². The number of thioether (sulfide) groups is 1. The molecule has 0 aromatic heterocycles. The lowest BCUT2D eigenvalue weighted by Crippen LogP contribution is -2.61. The van der Waals surface area contributed by atoms with Crippen LogP contribution in [0.25, 0.3) is 0 Å². The molecule has 19 heavy (non-hydrogen) atoms. The van der Waals surface area contributed by atoms with Gasteiger partial charge in [0.2, 0.25) is 0 Å². The number of fused-ring (bicyclic) bond motifs is 1. The third-order valence-corrected chi connectivity index (χ3v) is 5.30. The highest BCUT2D eigenvalue weighted by molar-refractivity contribution is 8.14. The maximum absolute atomic E-state index is 10.2. The molecule has 2 aliphatic heterocycles. The Kier molecular flexibility index (Phi) is 4.00. The smallest absolute Gasteiger partial charge is 0.159 e. The fourth-order valence-corrected chi connectivity index (χ4v) is 3.76. The Labute approximate surface area is 117 Å². The second-order valence-electron chi connectivity index (χ2n) is 5.38. The van der Waals surface area contributed by atoms with Crippen molar-refractivity contribution in [3.63, 3.8) is 0 Å². The maximum atomic E-state index is 10.2. The maximum Gasteiger partial charge on any atom is 0.159 e. The van der Waals surface area contributed by atoms with E-state index in [0.29, 0.717) is 12.6 Å². The van der Waals surface area contributed by atoms with Crippen molar-refractivity contribution in [3.05, 3.63) is 0 Å². The first-order valence-corrected chi connectivity index (χ1v) is 7.72. The van der Waals surface area contributed by atoms with Gasteiger partial charge in [-0.15, -0.1) is 0 Å². The van der Waals surface area contributed by atoms with E-state index >= 15 is 0 Å². The molecule has 0 aromatic rings. The number of nitrogens with one attached hydrogen (secondary N) is 2. The molecule has 3 fully saturated rings. The highest BCUT2D eigenvalue weighted by Gasteiger charge is 2.48. The molecule has 0 amide bonds. The van der Waals surface area contributed by atoms with Gasteiger partial charge in [-0.05, 0) is 12.8 Å². The van der Waals surface area contributed by atoms with Crippen molar-refractivity contribution < 1.29 is 14.9 Å². The van der Waals surface area contributed by atoms with Gasteiger partial charge in [-0.2, -0.15) is 0 Å². The second kappa shape index (κ2) is 5.57.